The third-order valence-electron chi connectivity index (χ3n) is 3.37. The van der Waals surface area contributed by atoms with E-state index in [2.05, 4.69) is 15.1 Å². The minimum absolute atomic E-state index is 0.251. The highest BCUT2D eigenvalue weighted by atomic mass is 35.5. The molecule has 17 heavy (non-hydrogen) atoms. The quantitative estimate of drug-likeness (QED) is 0.841. The fourth-order valence-corrected chi connectivity index (χ4v) is 2.52. The minimum atomic E-state index is 0.251. The van der Waals surface area contributed by atoms with Gasteiger partial charge in [-0.3, -0.25) is 0 Å². The lowest BCUT2D eigenvalue weighted by Gasteiger charge is -2.33. The monoisotopic (exact) mass is 252 g/mol. The summed E-state index contributed by atoms with van der Waals surface area (Å²) in [6.45, 7) is 1.14. The van der Waals surface area contributed by atoms with Crippen molar-refractivity contribution >= 4 is 22.6 Å². The van der Waals surface area contributed by atoms with Crippen molar-refractivity contribution in [2.45, 2.75) is 19.4 Å². The normalized spacial score (nSPS) is 23.9. The number of hydrogen-bond acceptors (Lipinski definition) is 4. The molecule has 3 rings (SSSR count). The van der Waals surface area contributed by atoms with E-state index >= 15 is 0 Å². The number of hydrogen-bond donors (Lipinski definition) is 1. The van der Waals surface area contributed by atoms with Gasteiger partial charge < -0.3 is 5.11 Å². The molecule has 0 unspecified atom stereocenters. The first kappa shape index (κ1) is 10.9. The second-order valence-corrected chi connectivity index (χ2v) is 4.97. The maximum atomic E-state index is 8.98. The number of aliphatic hydroxyl groups excluding tert-OH is 1. The third-order valence-corrected chi connectivity index (χ3v) is 3.55. The highest BCUT2D eigenvalue weighted by molar-refractivity contribution is 6.28. The van der Waals surface area contributed by atoms with E-state index in [1.807, 2.05) is 4.68 Å². The summed E-state index contributed by atoms with van der Waals surface area (Å²) in [4.78, 5) is 8.12. The van der Waals surface area contributed by atoms with Gasteiger partial charge in [0.1, 0.15) is 0 Å². The van der Waals surface area contributed by atoms with Crippen LogP contribution in [0.2, 0.25) is 5.28 Å². The van der Waals surface area contributed by atoms with Crippen molar-refractivity contribution in [3.63, 3.8) is 0 Å². The van der Waals surface area contributed by atoms with Crippen LogP contribution in [0.25, 0.3) is 11.0 Å². The van der Waals surface area contributed by atoms with Gasteiger partial charge in [-0.2, -0.15) is 10.1 Å². The first-order chi connectivity index (χ1) is 8.26. The van der Waals surface area contributed by atoms with Crippen LogP contribution in [0.3, 0.4) is 0 Å². The van der Waals surface area contributed by atoms with Gasteiger partial charge in [0, 0.05) is 19.3 Å². The molecule has 1 aliphatic rings. The molecule has 0 atom stereocenters. The Labute approximate surface area is 103 Å². The second-order valence-electron chi connectivity index (χ2n) is 4.63. The van der Waals surface area contributed by atoms with E-state index in [0.717, 1.165) is 30.4 Å². The maximum absolute atomic E-state index is 8.98. The molecule has 6 heteroatoms. The highest BCUT2D eigenvalue weighted by Gasteiger charge is 2.29. The number of aromatic nitrogens is 4. The van der Waals surface area contributed by atoms with E-state index in [9.17, 15) is 0 Å². The zero-order valence-corrected chi connectivity index (χ0v) is 10.0. The van der Waals surface area contributed by atoms with E-state index in [1.165, 1.54) is 0 Å². The van der Waals surface area contributed by atoms with Crippen LogP contribution in [-0.4, -0.2) is 31.5 Å². The predicted molar refractivity (Wildman–Crippen MR) is 63.6 cm³/mol. The molecule has 0 saturated heterocycles. The number of fused-ring (bicyclic) bond motifs is 1. The van der Waals surface area contributed by atoms with Gasteiger partial charge >= 0.3 is 0 Å². The molecule has 1 N–H and O–H groups in total. The summed E-state index contributed by atoms with van der Waals surface area (Å²) < 4.78 is 1.88. The van der Waals surface area contributed by atoms with E-state index in [1.54, 1.807) is 12.4 Å². The van der Waals surface area contributed by atoms with Crippen molar-refractivity contribution in [1.29, 1.82) is 0 Å². The third kappa shape index (κ3) is 2.00. The summed E-state index contributed by atoms with van der Waals surface area (Å²) in [7, 11) is 0. The van der Waals surface area contributed by atoms with Crippen molar-refractivity contribution in [1.82, 2.24) is 19.7 Å². The van der Waals surface area contributed by atoms with E-state index < -0.39 is 0 Å². The van der Waals surface area contributed by atoms with Gasteiger partial charge in [-0.15, -0.1) is 0 Å². The Morgan fingerprint density at radius 2 is 2.18 bits per heavy atom. The maximum Gasteiger partial charge on any atom is 0.224 e. The molecule has 0 aromatic carbocycles. The van der Waals surface area contributed by atoms with Crippen LogP contribution in [0.4, 0.5) is 0 Å². The molecular formula is C11H13ClN4O. The van der Waals surface area contributed by atoms with Crippen molar-refractivity contribution < 1.29 is 5.11 Å². The van der Waals surface area contributed by atoms with Crippen molar-refractivity contribution in [3.05, 3.63) is 17.7 Å². The number of rotatable bonds is 3. The lowest BCUT2D eigenvalue weighted by Crippen LogP contribution is -2.30. The van der Waals surface area contributed by atoms with Crippen LogP contribution in [0.15, 0.2) is 12.4 Å². The van der Waals surface area contributed by atoms with Crippen LogP contribution < -0.4 is 0 Å². The Bertz CT molecular complexity index is 535. The Balaban J connectivity index is 1.79. The van der Waals surface area contributed by atoms with Gasteiger partial charge in [-0.1, -0.05) is 0 Å². The Morgan fingerprint density at radius 3 is 2.94 bits per heavy atom. The second kappa shape index (κ2) is 4.23. The number of nitrogens with zero attached hydrogens (tertiary/aromatic N) is 4. The molecule has 1 aliphatic carbocycles. The topological polar surface area (TPSA) is 63.8 Å². The molecule has 1 saturated carbocycles. The van der Waals surface area contributed by atoms with Crippen LogP contribution in [0.5, 0.6) is 0 Å². The Morgan fingerprint density at radius 1 is 1.35 bits per heavy atom. The molecule has 0 radical (unpaired) electrons. The summed E-state index contributed by atoms with van der Waals surface area (Å²) in [5, 5.41) is 14.4. The van der Waals surface area contributed by atoms with E-state index in [0.29, 0.717) is 18.4 Å². The SMILES string of the molecule is OCC1CC(Cn2ncc3cnc(Cl)nc32)C1. The summed E-state index contributed by atoms with van der Waals surface area (Å²) in [5.74, 6) is 1.06. The Kier molecular flexibility index (Phi) is 2.72. The summed E-state index contributed by atoms with van der Waals surface area (Å²) >= 11 is 5.78. The van der Waals surface area contributed by atoms with Gasteiger partial charge in [0.05, 0.1) is 11.6 Å². The molecule has 0 bridgehead atoms. The fourth-order valence-electron chi connectivity index (χ4n) is 2.40. The first-order valence-corrected chi connectivity index (χ1v) is 6.09. The average Bonchev–Trinajstić information content (AvgIpc) is 2.65. The van der Waals surface area contributed by atoms with Crippen LogP contribution in [0, 0.1) is 11.8 Å². The summed E-state index contributed by atoms with van der Waals surface area (Å²) in [5.41, 5.74) is 0.789. The van der Waals surface area contributed by atoms with Crippen molar-refractivity contribution in [2.75, 3.05) is 6.61 Å². The molecule has 0 spiro atoms. The fraction of sp³-hybridized carbons (Fsp3) is 0.545. The minimum Gasteiger partial charge on any atom is -0.396 e. The first-order valence-electron chi connectivity index (χ1n) is 5.71. The summed E-state index contributed by atoms with van der Waals surface area (Å²) in [6, 6.07) is 0. The zero-order chi connectivity index (χ0) is 11.8. The molecule has 2 aromatic rings. The molecule has 5 nitrogen and oxygen atoms in total. The zero-order valence-electron chi connectivity index (χ0n) is 9.25. The van der Waals surface area contributed by atoms with E-state index in [-0.39, 0.29) is 5.28 Å². The smallest absolute Gasteiger partial charge is 0.224 e. The lowest BCUT2D eigenvalue weighted by atomic mass is 9.75. The highest BCUT2D eigenvalue weighted by Crippen LogP contribution is 2.34. The molecule has 0 amide bonds. The standard InChI is InChI=1S/C11H13ClN4O/c12-11-13-3-9-4-14-16(10(9)15-11)5-7-1-8(2-7)6-17/h3-4,7-8,17H,1-2,5-6H2. The van der Waals surface area contributed by atoms with Crippen LogP contribution in [-0.2, 0) is 6.54 Å². The predicted octanol–water partition coefficient (Wildman–Crippen LogP) is 1.50. The van der Waals surface area contributed by atoms with Gasteiger partial charge in [0.2, 0.25) is 5.28 Å². The van der Waals surface area contributed by atoms with Gasteiger partial charge in [0.15, 0.2) is 5.65 Å². The average molecular weight is 253 g/mol. The Hall–Kier alpha value is -1.20. The molecule has 90 valence electrons. The lowest BCUT2D eigenvalue weighted by molar-refractivity contribution is 0.0952. The van der Waals surface area contributed by atoms with Crippen molar-refractivity contribution in [3.8, 4) is 0 Å². The van der Waals surface area contributed by atoms with E-state index in [4.69, 9.17) is 16.7 Å². The molecule has 2 aromatic heterocycles. The molecule has 1 fully saturated rings. The molecular weight excluding hydrogens is 240 g/mol. The molecule has 2 heterocycles. The van der Waals surface area contributed by atoms with Crippen LogP contribution >= 0.6 is 11.6 Å². The van der Waals surface area contributed by atoms with Gasteiger partial charge in [-0.25, -0.2) is 9.67 Å². The number of halogens is 1. The van der Waals surface area contributed by atoms with Crippen LogP contribution in [0.1, 0.15) is 12.8 Å². The molecule has 0 aliphatic heterocycles. The van der Waals surface area contributed by atoms with Crippen molar-refractivity contribution in [2.24, 2.45) is 11.8 Å². The largest absolute Gasteiger partial charge is 0.396 e. The van der Waals surface area contributed by atoms with Gasteiger partial charge in [-0.05, 0) is 36.3 Å². The van der Waals surface area contributed by atoms with Gasteiger partial charge in [0.25, 0.3) is 0 Å². The summed E-state index contributed by atoms with van der Waals surface area (Å²) in [6.07, 6.45) is 5.58. The number of aliphatic hydroxyl groups is 1.